The third-order valence-corrected chi connectivity index (χ3v) is 8.03. The predicted octanol–water partition coefficient (Wildman–Crippen LogP) is 2.69. The van der Waals surface area contributed by atoms with Crippen molar-refractivity contribution in [2.24, 2.45) is 0 Å². The lowest BCUT2D eigenvalue weighted by molar-refractivity contribution is -0.178. The molecule has 1 rings (SSSR count). The van der Waals surface area contributed by atoms with Gasteiger partial charge in [0.25, 0.3) is 0 Å². The molecule has 2 atom stereocenters. The summed E-state index contributed by atoms with van der Waals surface area (Å²) >= 11 is 0. The van der Waals surface area contributed by atoms with Gasteiger partial charge in [0.1, 0.15) is 6.10 Å². The largest absolute Gasteiger partial charge is 0.433 e. The number of hydrogen-bond acceptors (Lipinski definition) is 4. The van der Waals surface area contributed by atoms with Crippen LogP contribution in [-0.4, -0.2) is 33.3 Å². The van der Waals surface area contributed by atoms with Crippen molar-refractivity contribution in [2.75, 3.05) is 6.61 Å². The summed E-state index contributed by atoms with van der Waals surface area (Å²) in [5, 5.41) is 0.149. The van der Waals surface area contributed by atoms with E-state index in [2.05, 4.69) is 33.9 Å². The van der Waals surface area contributed by atoms with Crippen molar-refractivity contribution in [2.45, 2.75) is 64.6 Å². The number of esters is 1. The molecule has 0 aromatic rings. The van der Waals surface area contributed by atoms with Gasteiger partial charge in [0.05, 0.1) is 6.61 Å². The molecule has 1 aliphatic heterocycles. The topological polar surface area (TPSA) is 44.8 Å². The Morgan fingerprint density at radius 1 is 1.35 bits per heavy atom. The van der Waals surface area contributed by atoms with Crippen LogP contribution in [0.4, 0.5) is 0 Å². The van der Waals surface area contributed by atoms with E-state index in [1.807, 2.05) is 0 Å². The van der Waals surface area contributed by atoms with Gasteiger partial charge in [-0.1, -0.05) is 20.8 Å². The lowest BCUT2D eigenvalue weighted by atomic mass is 10.2. The van der Waals surface area contributed by atoms with Gasteiger partial charge in [0.2, 0.25) is 6.29 Å². The van der Waals surface area contributed by atoms with Crippen molar-refractivity contribution in [1.82, 2.24) is 0 Å². The highest BCUT2D eigenvalue weighted by molar-refractivity contribution is 6.74. The first kappa shape index (κ1) is 14.7. The monoisotopic (exact) mass is 260 g/mol. The Bertz CT molecular complexity index is 283. The molecule has 100 valence electrons. The number of carbonyl (C=O) groups is 1. The molecule has 0 amide bonds. The minimum absolute atomic E-state index is 0.111. The summed E-state index contributed by atoms with van der Waals surface area (Å²) in [7, 11) is -1.83. The Morgan fingerprint density at radius 2 is 1.94 bits per heavy atom. The lowest BCUT2D eigenvalue weighted by Crippen LogP contribution is -2.46. The second-order valence-electron chi connectivity index (χ2n) is 6.05. The van der Waals surface area contributed by atoms with Crippen molar-refractivity contribution in [3.8, 4) is 0 Å². The SMILES string of the molecule is CC(=O)OC1OCC[C@H]1O[Si](C)(C)C(C)(C)C. The van der Waals surface area contributed by atoms with Crippen LogP contribution in [0.3, 0.4) is 0 Å². The third kappa shape index (κ3) is 3.79. The second-order valence-corrected chi connectivity index (χ2v) is 10.8. The average Bonchev–Trinajstić information content (AvgIpc) is 2.48. The minimum atomic E-state index is -1.83. The molecule has 4 nitrogen and oxygen atoms in total. The summed E-state index contributed by atoms with van der Waals surface area (Å²) in [6.07, 6.45) is 0.159. The zero-order valence-corrected chi connectivity index (χ0v) is 12.7. The van der Waals surface area contributed by atoms with Crippen LogP contribution in [0.1, 0.15) is 34.1 Å². The van der Waals surface area contributed by atoms with Crippen molar-refractivity contribution in [3.63, 3.8) is 0 Å². The van der Waals surface area contributed by atoms with Crippen molar-refractivity contribution >= 4 is 14.3 Å². The molecular weight excluding hydrogens is 236 g/mol. The fourth-order valence-electron chi connectivity index (χ4n) is 1.49. The van der Waals surface area contributed by atoms with Crippen LogP contribution in [-0.2, 0) is 18.7 Å². The molecule has 0 saturated carbocycles. The van der Waals surface area contributed by atoms with E-state index in [9.17, 15) is 4.79 Å². The summed E-state index contributed by atoms with van der Waals surface area (Å²) in [6, 6.07) is 0. The zero-order valence-electron chi connectivity index (χ0n) is 11.7. The molecule has 0 spiro atoms. The van der Waals surface area contributed by atoms with E-state index >= 15 is 0 Å². The van der Waals surface area contributed by atoms with E-state index in [1.54, 1.807) is 0 Å². The van der Waals surface area contributed by atoms with Gasteiger partial charge in [-0.2, -0.15) is 0 Å². The van der Waals surface area contributed by atoms with Crippen molar-refractivity contribution in [3.05, 3.63) is 0 Å². The van der Waals surface area contributed by atoms with Crippen molar-refractivity contribution in [1.29, 1.82) is 0 Å². The molecule has 1 unspecified atom stereocenters. The minimum Gasteiger partial charge on any atom is -0.433 e. The van der Waals surface area contributed by atoms with Gasteiger partial charge in [-0.15, -0.1) is 0 Å². The van der Waals surface area contributed by atoms with Crippen LogP contribution >= 0.6 is 0 Å². The summed E-state index contributed by atoms with van der Waals surface area (Å²) < 4.78 is 16.7. The fraction of sp³-hybridized carbons (Fsp3) is 0.917. The average molecular weight is 260 g/mol. The van der Waals surface area contributed by atoms with Gasteiger partial charge >= 0.3 is 5.97 Å². The molecule has 0 aromatic carbocycles. The predicted molar refractivity (Wildman–Crippen MR) is 68.2 cm³/mol. The molecule has 1 aliphatic rings. The van der Waals surface area contributed by atoms with E-state index in [0.29, 0.717) is 6.61 Å². The molecule has 5 heteroatoms. The molecular formula is C12H24O4Si. The fourth-order valence-corrected chi connectivity index (χ4v) is 2.83. The summed E-state index contributed by atoms with van der Waals surface area (Å²) in [6.45, 7) is 12.9. The second kappa shape index (κ2) is 5.08. The van der Waals surface area contributed by atoms with Crippen LogP contribution in [0, 0.1) is 0 Å². The quantitative estimate of drug-likeness (QED) is 0.578. The number of carbonyl (C=O) groups excluding carboxylic acids is 1. The maximum absolute atomic E-state index is 11.0. The van der Waals surface area contributed by atoms with E-state index in [-0.39, 0.29) is 17.1 Å². The van der Waals surface area contributed by atoms with Crippen LogP contribution in [0.15, 0.2) is 0 Å². The highest BCUT2D eigenvalue weighted by atomic mass is 28.4. The molecule has 0 bridgehead atoms. The highest BCUT2D eigenvalue weighted by Gasteiger charge is 2.43. The van der Waals surface area contributed by atoms with E-state index in [1.165, 1.54) is 6.92 Å². The Balaban J connectivity index is 2.64. The highest BCUT2D eigenvalue weighted by Crippen LogP contribution is 2.39. The first-order chi connectivity index (χ1) is 7.63. The summed E-state index contributed by atoms with van der Waals surface area (Å²) in [5.74, 6) is -0.319. The Kier molecular flexibility index (Phi) is 4.38. The zero-order chi connectivity index (χ0) is 13.3. The first-order valence-electron chi connectivity index (χ1n) is 6.10. The molecule has 0 aliphatic carbocycles. The first-order valence-corrected chi connectivity index (χ1v) is 9.01. The van der Waals surface area contributed by atoms with Gasteiger partial charge in [-0.05, 0) is 18.1 Å². The number of rotatable bonds is 3. The molecule has 0 N–H and O–H groups in total. The summed E-state index contributed by atoms with van der Waals surface area (Å²) in [4.78, 5) is 11.0. The molecule has 0 aromatic heterocycles. The number of ether oxygens (including phenoxy) is 2. The van der Waals surface area contributed by atoms with E-state index < -0.39 is 14.6 Å². The Labute approximate surface area is 105 Å². The normalized spacial score (nSPS) is 26.0. The van der Waals surface area contributed by atoms with Gasteiger partial charge in [-0.3, -0.25) is 4.79 Å². The maximum Gasteiger partial charge on any atom is 0.305 e. The molecule has 17 heavy (non-hydrogen) atoms. The van der Waals surface area contributed by atoms with Gasteiger partial charge < -0.3 is 13.9 Å². The molecule has 1 saturated heterocycles. The van der Waals surface area contributed by atoms with E-state index in [0.717, 1.165) is 6.42 Å². The van der Waals surface area contributed by atoms with Crippen LogP contribution in [0.2, 0.25) is 18.1 Å². The Morgan fingerprint density at radius 3 is 2.41 bits per heavy atom. The van der Waals surface area contributed by atoms with Gasteiger partial charge in [-0.25, -0.2) is 0 Å². The van der Waals surface area contributed by atoms with Crippen LogP contribution < -0.4 is 0 Å². The molecule has 1 fully saturated rings. The standard InChI is InChI=1S/C12H24O4Si/c1-9(13)15-11-10(7-8-14-11)16-17(5,6)12(2,3)4/h10-11H,7-8H2,1-6H3/t10-,11?/m1/s1. The maximum atomic E-state index is 11.0. The Hall–Kier alpha value is -0.393. The van der Waals surface area contributed by atoms with Crippen LogP contribution in [0.5, 0.6) is 0 Å². The molecule has 1 heterocycles. The lowest BCUT2D eigenvalue weighted by Gasteiger charge is -2.39. The van der Waals surface area contributed by atoms with Crippen molar-refractivity contribution < 1.29 is 18.7 Å². The van der Waals surface area contributed by atoms with E-state index in [4.69, 9.17) is 13.9 Å². The third-order valence-electron chi connectivity index (χ3n) is 3.52. The van der Waals surface area contributed by atoms with Gasteiger partial charge in [0, 0.05) is 13.3 Å². The molecule has 0 radical (unpaired) electrons. The number of hydrogen-bond donors (Lipinski definition) is 0. The van der Waals surface area contributed by atoms with Crippen LogP contribution in [0.25, 0.3) is 0 Å². The van der Waals surface area contributed by atoms with Gasteiger partial charge in [0.15, 0.2) is 8.32 Å². The summed E-state index contributed by atoms with van der Waals surface area (Å²) in [5.41, 5.74) is 0. The smallest absolute Gasteiger partial charge is 0.305 e.